The van der Waals surface area contributed by atoms with Crippen molar-refractivity contribution in [1.82, 2.24) is 9.80 Å². The van der Waals surface area contributed by atoms with Crippen LogP contribution >= 0.6 is 0 Å². The average Bonchev–Trinajstić information content (AvgIpc) is 3.35. The van der Waals surface area contributed by atoms with Crippen LogP contribution < -0.4 is 0 Å². The van der Waals surface area contributed by atoms with Gasteiger partial charge in [0.1, 0.15) is 13.2 Å². The zero-order valence-corrected chi connectivity index (χ0v) is 46.9. The minimum Gasteiger partial charge on any atom is -0.380 e. The van der Waals surface area contributed by atoms with Gasteiger partial charge < -0.3 is 33.5 Å². The smallest absolute Gasteiger partial charge is 0.248 e. The van der Waals surface area contributed by atoms with Crippen LogP contribution in [0.4, 0.5) is 0 Å². The van der Waals surface area contributed by atoms with Crippen molar-refractivity contribution in [3.8, 4) is 0 Å². The number of unbranched alkanes of at least 4 members (excludes halogenated alkanes) is 36. The van der Waals surface area contributed by atoms with E-state index in [1.807, 2.05) is 0 Å². The standard InChI is InChI=1S/C60H120N2O7/c1-5-9-13-17-21-25-29-33-37-41-49-65-53-45-61(46-54-66-50-42-38-34-30-26-22-18-14-10-6-2)59(63)57-69-58-60(64)62(47-55-67-51-43-39-35-31-27-23-19-15-11-7-3)48-56-68-52-44-40-36-32-28-24-20-16-12-8-4/h5-58H2,1-4H3. The Bertz CT molecular complexity index is 867. The van der Waals surface area contributed by atoms with Crippen molar-refractivity contribution >= 4 is 11.8 Å². The number of carbonyl (C=O) groups is 2. The molecule has 0 aromatic carbocycles. The van der Waals surface area contributed by atoms with Crippen LogP contribution in [0.25, 0.3) is 0 Å². The molecule has 0 saturated heterocycles. The van der Waals surface area contributed by atoms with Crippen molar-refractivity contribution in [1.29, 1.82) is 0 Å². The van der Waals surface area contributed by atoms with Crippen LogP contribution in [0.15, 0.2) is 0 Å². The molecule has 0 atom stereocenters. The van der Waals surface area contributed by atoms with Gasteiger partial charge in [-0.25, -0.2) is 0 Å². The molecule has 0 N–H and O–H groups in total. The number of amides is 2. The van der Waals surface area contributed by atoms with E-state index in [1.54, 1.807) is 9.80 Å². The number of carbonyl (C=O) groups excluding carboxylic acids is 2. The van der Waals surface area contributed by atoms with Crippen LogP contribution in [0, 0.1) is 0 Å². The molecule has 0 rings (SSSR count). The maximum Gasteiger partial charge on any atom is 0.248 e. The fourth-order valence-corrected chi connectivity index (χ4v) is 9.00. The summed E-state index contributed by atoms with van der Waals surface area (Å²) in [6, 6.07) is 0. The molecular formula is C60H120N2O7. The third-order valence-electron chi connectivity index (χ3n) is 13.7. The fraction of sp³-hybridized carbons (Fsp3) is 0.967. The van der Waals surface area contributed by atoms with Gasteiger partial charge in [0, 0.05) is 52.6 Å². The van der Waals surface area contributed by atoms with E-state index in [4.69, 9.17) is 23.7 Å². The number of ether oxygens (including phenoxy) is 5. The van der Waals surface area contributed by atoms with E-state index >= 15 is 0 Å². The Kier molecular flexibility index (Phi) is 58.2. The highest BCUT2D eigenvalue weighted by Crippen LogP contribution is 2.14. The summed E-state index contributed by atoms with van der Waals surface area (Å²) in [4.78, 5) is 30.7. The zero-order chi connectivity index (χ0) is 50.0. The average molecular weight is 982 g/mol. The lowest BCUT2D eigenvalue weighted by Gasteiger charge is -2.24. The van der Waals surface area contributed by atoms with E-state index in [9.17, 15) is 9.59 Å². The lowest BCUT2D eigenvalue weighted by atomic mass is 10.1. The van der Waals surface area contributed by atoms with Gasteiger partial charge in [-0.2, -0.15) is 0 Å². The van der Waals surface area contributed by atoms with Crippen molar-refractivity contribution in [3.63, 3.8) is 0 Å². The third kappa shape index (κ3) is 52.9. The van der Waals surface area contributed by atoms with Gasteiger partial charge in [-0.3, -0.25) is 9.59 Å². The molecule has 0 aliphatic rings. The Hall–Kier alpha value is -1.26. The maximum absolute atomic E-state index is 13.5. The number of hydrogen-bond donors (Lipinski definition) is 0. The molecule has 0 fully saturated rings. The summed E-state index contributed by atoms with van der Waals surface area (Å²) in [7, 11) is 0. The number of rotatable bonds is 60. The van der Waals surface area contributed by atoms with Crippen LogP contribution in [0.2, 0.25) is 0 Å². The highest BCUT2D eigenvalue weighted by molar-refractivity contribution is 5.79. The number of nitrogens with zero attached hydrogens (tertiary/aromatic N) is 2. The SMILES string of the molecule is CCCCCCCCCCCCOCCN(CCOCCCCCCCCCCCC)C(=O)COCC(=O)N(CCOCCCCCCCCCCCC)CCOCCCCCCCCCCCC. The van der Waals surface area contributed by atoms with Crippen molar-refractivity contribution in [2.45, 2.75) is 285 Å². The van der Waals surface area contributed by atoms with Gasteiger partial charge in [-0.1, -0.05) is 259 Å². The summed E-state index contributed by atoms with van der Waals surface area (Å²) in [5, 5.41) is 0. The van der Waals surface area contributed by atoms with Gasteiger partial charge in [0.2, 0.25) is 11.8 Å². The van der Waals surface area contributed by atoms with Crippen LogP contribution in [0.3, 0.4) is 0 Å². The first-order valence-corrected chi connectivity index (χ1v) is 30.5. The Morgan fingerprint density at radius 2 is 0.406 bits per heavy atom. The van der Waals surface area contributed by atoms with Gasteiger partial charge >= 0.3 is 0 Å². The van der Waals surface area contributed by atoms with Crippen LogP contribution in [-0.4, -0.2) is 114 Å². The monoisotopic (exact) mass is 981 g/mol. The van der Waals surface area contributed by atoms with Gasteiger partial charge in [0.15, 0.2) is 0 Å². The molecule has 0 aromatic rings. The molecule has 0 aromatic heterocycles. The van der Waals surface area contributed by atoms with E-state index in [-0.39, 0.29) is 25.0 Å². The summed E-state index contributed by atoms with van der Waals surface area (Å²) in [6.45, 7) is 15.7. The summed E-state index contributed by atoms with van der Waals surface area (Å²) >= 11 is 0. The molecule has 0 aliphatic heterocycles. The Morgan fingerprint density at radius 1 is 0.232 bits per heavy atom. The van der Waals surface area contributed by atoms with Crippen LogP contribution in [-0.2, 0) is 33.3 Å². The van der Waals surface area contributed by atoms with Crippen LogP contribution in [0.5, 0.6) is 0 Å². The second kappa shape index (κ2) is 59.3. The van der Waals surface area contributed by atoms with Crippen LogP contribution in [0.1, 0.15) is 285 Å². The number of hydrogen-bond acceptors (Lipinski definition) is 7. The second-order valence-electron chi connectivity index (χ2n) is 20.4. The lowest BCUT2D eigenvalue weighted by molar-refractivity contribution is -0.143. The summed E-state index contributed by atoms with van der Waals surface area (Å²) < 4.78 is 29.9. The summed E-state index contributed by atoms with van der Waals surface area (Å²) in [5.74, 6) is -0.252. The molecule has 0 radical (unpaired) electrons. The molecule has 0 saturated carbocycles. The van der Waals surface area contributed by atoms with E-state index < -0.39 is 0 Å². The molecule has 0 aliphatic carbocycles. The van der Waals surface area contributed by atoms with E-state index in [1.165, 1.54) is 231 Å². The minimum absolute atomic E-state index is 0.126. The molecule has 9 nitrogen and oxygen atoms in total. The highest BCUT2D eigenvalue weighted by Gasteiger charge is 2.18. The Balaban J connectivity index is 4.88. The van der Waals surface area contributed by atoms with Gasteiger partial charge in [0.05, 0.1) is 26.4 Å². The Labute approximate surface area is 430 Å². The van der Waals surface area contributed by atoms with Crippen molar-refractivity contribution < 1.29 is 33.3 Å². The first kappa shape index (κ1) is 67.7. The van der Waals surface area contributed by atoms with E-state index in [0.717, 1.165) is 52.1 Å². The Morgan fingerprint density at radius 3 is 0.594 bits per heavy atom. The normalized spacial score (nSPS) is 11.5. The van der Waals surface area contributed by atoms with E-state index in [0.29, 0.717) is 52.6 Å². The third-order valence-corrected chi connectivity index (χ3v) is 13.7. The van der Waals surface area contributed by atoms with E-state index in [2.05, 4.69) is 27.7 Å². The molecule has 0 heterocycles. The molecule has 0 bridgehead atoms. The molecule has 69 heavy (non-hydrogen) atoms. The lowest BCUT2D eigenvalue weighted by Crippen LogP contribution is -2.41. The quantitative estimate of drug-likeness (QED) is 0.0561. The predicted molar refractivity (Wildman–Crippen MR) is 295 cm³/mol. The molecule has 9 heteroatoms. The predicted octanol–water partition coefficient (Wildman–Crippen LogP) is 16.4. The first-order chi connectivity index (χ1) is 34.1. The van der Waals surface area contributed by atoms with Crippen molar-refractivity contribution in [2.24, 2.45) is 0 Å². The molecule has 2 amide bonds. The molecule has 0 unspecified atom stereocenters. The second-order valence-corrected chi connectivity index (χ2v) is 20.4. The van der Waals surface area contributed by atoms with Gasteiger partial charge in [-0.15, -0.1) is 0 Å². The zero-order valence-electron chi connectivity index (χ0n) is 46.9. The maximum atomic E-state index is 13.5. The van der Waals surface area contributed by atoms with Gasteiger partial charge in [-0.05, 0) is 25.7 Å². The summed E-state index contributed by atoms with van der Waals surface area (Å²) in [6.07, 6.45) is 51.9. The molecule has 0 spiro atoms. The van der Waals surface area contributed by atoms with Crippen molar-refractivity contribution in [2.75, 3.05) is 92.2 Å². The largest absolute Gasteiger partial charge is 0.380 e. The molecule has 412 valence electrons. The minimum atomic E-state index is -0.138. The molecular weight excluding hydrogens is 861 g/mol. The highest BCUT2D eigenvalue weighted by atomic mass is 16.5. The topological polar surface area (TPSA) is 86.8 Å². The fourth-order valence-electron chi connectivity index (χ4n) is 9.00. The first-order valence-electron chi connectivity index (χ1n) is 30.5. The van der Waals surface area contributed by atoms with Crippen molar-refractivity contribution in [3.05, 3.63) is 0 Å². The summed E-state index contributed by atoms with van der Waals surface area (Å²) in [5.41, 5.74) is 0. The van der Waals surface area contributed by atoms with Gasteiger partial charge in [0.25, 0.3) is 0 Å².